The topological polar surface area (TPSA) is 25.8 Å². The first-order chi connectivity index (χ1) is 8.83. The number of nitrogens with zero attached hydrogens (tertiary/aromatic N) is 2. The fraction of sp³-hybridized carbons (Fsp3) is 0. The highest BCUT2D eigenvalue weighted by molar-refractivity contribution is 9.10. The second-order valence-electron chi connectivity index (χ2n) is 3.76. The molecule has 0 aliphatic carbocycles. The summed E-state index contributed by atoms with van der Waals surface area (Å²) in [5.74, 6) is 0. The summed E-state index contributed by atoms with van der Waals surface area (Å²) in [5.41, 5.74) is 0.964. The Bertz CT molecular complexity index is 686. The van der Waals surface area contributed by atoms with E-state index in [1.807, 2.05) is 30.3 Å². The Morgan fingerprint density at radius 2 is 1.78 bits per heavy atom. The van der Waals surface area contributed by atoms with Gasteiger partial charge < -0.3 is 0 Å². The summed E-state index contributed by atoms with van der Waals surface area (Å²) in [5, 5.41) is 2.05. The highest BCUT2D eigenvalue weighted by Crippen LogP contribution is 2.31. The first kappa shape index (κ1) is 11.7. The molecule has 88 valence electrons. The lowest BCUT2D eigenvalue weighted by Gasteiger charge is -2.04. The second-order valence-corrected chi connectivity index (χ2v) is 5.73. The van der Waals surface area contributed by atoms with Crippen molar-refractivity contribution in [2.24, 2.45) is 0 Å². The Balaban J connectivity index is 2.09. The summed E-state index contributed by atoms with van der Waals surface area (Å²) >= 11 is 5.14. The maximum absolute atomic E-state index is 4.37. The van der Waals surface area contributed by atoms with E-state index in [0.717, 1.165) is 20.4 Å². The number of benzene rings is 2. The zero-order valence-electron chi connectivity index (χ0n) is 9.38. The third-order valence-corrected chi connectivity index (χ3v) is 4.04. The summed E-state index contributed by atoms with van der Waals surface area (Å²) in [6, 6.07) is 16.3. The van der Waals surface area contributed by atoms with Gasteiger partial charge in [-0.1, -0.05) is 45.9 Å². The van der Waals surface area contributed by atoms with Gasteiger partial charge in [-0.05, 0) is 30.3 Å². The van der Waals surface area contributed by atoms with E-state index < -0.39 is 0 Å². The van der Waals surface area contributed by atoms with Crippen LogP contribution in [0.1, 0.15) is 0 Å². The van der Waals surface area contributed by atoms with E-state index in [0.29, 0.717) is 0 Å². The van der Waals surface area contributed by atoms with Gasteiger partial charge >= 0.3 is 0 Å². The van der Waals surface area contributed by atoms with Crippen LogP contribution in [0.25, 0.3) is 10.9 Å². The van der Waals surface area contributed by atoms with Crippen molar-refractivity contribution in [1.29, 1.82) is 0 Å². The molecule has 0 unspecified atom stereocenters. The molecule has 0 saturated heterocycles. The Hall–Kier alpha value is -1.39. The van der Waals surface area contributed by atoms with Crippen LogP contribution in [0.5, 0.6) is 0 Å². The third kappa shape index (κ3) is 2.40. The molecule has 0 aliphatic heterocycles. The molecule has 0 fully saturated rings. The molecule has 0 radical (unpaired) electrons. The van der Waals surface area contributed by atoms with Crippen molar-refractivity contribution in [3.63, 3.8) is 0 Å². The minimum absolute atomic E-state index is 0.964. The molecular weight excluding hydrogens is 308 g/mol. The zero-order valence-corrected chi connectivity index (χ0v) is 11.8. The summed E-state index contributed by atoms with van der Waals surface area (Å²) in [6.45, 7) is 0. The fourth-order valence-electron chi connectivity index (χ4n) is 1.69. The van der Waals surface area contributed by atoms with Crippen molar-refractivity contribution in [2.45, 2.75) is 9.92 Å². The highest BCUT2D eigenvalue weighted by Gasteiger charge is 2.05. The van der Waals surface area contributed by atoms with E-state index in [1.165, 1.54) is 4.90 Å². The fourth-order valence-corrected chi connectivity index (χ4v) is 2.94. The normalized spacial score (nSPS) is 10.7. The van der Waals surface area contributed by atoms with Crippen LogP contribution < -0.4 is 0 Å². The van der Waals surface area contributed by atoms with Crippen molar-refractivity contribution >= 4 is 38.6 Å². The minimum Gasteiger partial charge on any atom is -0.236 e. The van der Waals surface area contributed by atoms with Gasteiger partial charge in [-0.25, -0.2) is 9.97 Å². The summed E-state index contributed by atoms with van der Waals surface area (Å²) in [4.78, 5) is 9.83. The lowest BCUT2D eigenvalue weighted by Crippen LogP contribution is -1.86. The molecule has 0 atom stereocenters. The Kier molecular flexibility index (Phi) is 3.30. The van der Waals surface area contributed by atoms with E-state index in [4.69, 9.17) is 0 Å². The molecule has 3 aromatic rings. The number of hydrogen-bond donors (Lipinski definition) is 0. The molecule has 2 nitrogen and oxygen atoms in total. The van der Waals surface area contributed by atoms with Crippen LogP contribution in [0.2, 0.25) is 0 Å². The van der Waals surface area contributed by atoms with Crippen LogP contribution in [0.3, 0.4) is 0 Å². The van der Waals surface area contributed by atoms with Gasteiger partial charge in [0.15, 0.2) is 0 Å². The largest absolute Gasteiger partial charge is 0.236 e. The molecule has 0 amide bonds. The molecule has 0 saturated carbocycles. The quantitative estimate of drug-likeness (QED) is 0.649. The molecule has 1 heterocycles. The van der Waals surface area contributed by atoms with E-state index in [1.54, 1.807) is 18.1 Å². The zero-order chi connectivity index (χ0) is 12.4. The number of fused-ring (bicyclic) bond motifs is 1. The van der Waals surface area contributed by atoms with E-state index in [2.05, 4.69) is 44.1 Å². The standard InChI is InChI=1S/C14H9BrN2S/c15-10-6-7-13-12(8-10)14(17-9-16-13)18-11-4-2-1-3-5-11/h1-9H. The van der Waals surface area contributed by atoms with Gasteiger partial charge in [-0.2, -0.15) is 0 Å². The number of hydrogen-bond acceptors (Lipinski definition) is 3. The molecule has 0 spiro atoms. The van der Waals surface area contributed by atoms with Crippen LogP contribution in [-0.4, -0.2) is 9.97 Å². The van der Waals surface area contributed by atoms with Crippen molar-refractivity contribution in [3.05, 3.63) is 59.3 Å². The minimum atomic E-state index is 0.964. The first-order valence-corrected chi connectivity index (χ1v) is 7.07. The maximum atomic E-state index is 4.37. The predicted molar refractivity (Wildman–Crippen MR) is 77.8 cm³/mol. The van der Waals surface area contributed by atoms with Gasteiger partial charge in [0.1, 0.15) is 11.4 Å². The summed E-state index contributed by atoms with van der Waals surface area (Å²) in [7, 11) is 0. The van der Waals surface area contributed by atoms with Crippen LogP contribution in [0, 0.1) is 0 Å². The maximum Gasteiger partial charge on any atom is 0.117 e. The Morgan fingerprint density at radius 3 is 2.61 bits per heavy atom. The van der Waals surface area contributed by atoms with Gasteiger partial charge in [0.2, 0.25) is 0 Å². The number of rotatable bonds is 2. The van der Waals surface area contributed by atoms with Crippen molar-refractivity contribution < 1.29 is 0 Å². The predicted octanol–water partition coefficient (Wildman–Crippen LogP) is 4.54. The lowest BCUT2D eigenvalue weighted by atomic mass is 10.2. The van der Waals surface area contributed by atoms with Crippen LogP contribution in [-0.2, 0) is 0 Å². The van der Waals surface area contributed by atoms with Crippen molar-refractivity contribution in [2.75, 3.05) is 0 Å². The van der Waals surface area contributed by atoms with Crippen LogP contribution in [0.4, 0.5) is 0 Å². The van der Waals surface area contributed by atoms with Crippen LogP contribution in [0.15, 0.2) is 69.3 Å². The molecule has 18 heavy (non-hydrogen) atoms. The molecule has 4 heteroatoms. The van der Waals surface area contributed by atoms with Gasteiger partial charge in [0.05, 0.1) is 5.52 Å². The van der Waals surface area contributed by atoms with E-state index in [9.17, 15) is 0 Å². The summed E-state index contributed by atoms with van der Waals surface area (Å²) < 4.78 is 1.04. The molecular formula is C14H9BrN2S. The van der Waals surface area contributed by atoms with Gasteiger partial charge in [0, 0.05) is 14.8 Å². The summed E-state index contributed by atoms with van der Waals surface area (Å²) in [6.07, 6.45) is 1.61. The van der Waals surface area contributed by atoms with Gasteiger partial charge in [0.25, 0.3) is 0 Å². The van der Waals surface area contributed by atoms with Crippen LogP contribution >= 0.6 is 27.7 Å². The average molecular weight is 317 g/mol. The van der Waals surface area contributed by atoms with E-state index >= 15 is 0 Å². The second kappa shape index (κ2) is 5.08. The highest BCUT2D eigenvalue weighted by atomic mass is 79.9. The van der Waals surface area contributed by atoms with Gasteiger partial charge in [-0.3, -0.25) is 0 Å². The van der Waals surface area contributed by atoms with Crippen molar-refractivity contribution in [3.8, 4) is 0 Å². The molecule has 0 N–H and O–H groups in total. The number of halogens is 1. The molecule has 1 aromatic heterocycles. The van der Waals surface area contributed by atoms with Crippen molar-refractivity contribution in [1.82, 2.24) is 9.97 Å². The average Bonchev–Trinajstić information content (AvgIpc) is 2.41. The third-order valence-electron chi connectivity index (χ3n) is 2.52. The van der Waals surface area contributed by atoms with E-state index in [-0.39, 0.29) is 0 Å². The SMILES string of the molecule is Brc1ccc2ncnc(Sc3ccccc3)c2c1. The molecule has 0 bridgehead atoms. The monoisotopic (exact) mass is 316 g/mol. The molecule has 0 aliphatic rings. The lowest BCUT2D eigenvalue weighted by molar-refractivity contribution is 1.10. The Morgan fingerprint density at radius 1 is 0.944 bits per heavy atom. The molecule has 2 aromatic carbocycles. The number of aromatic nitrogens is 2. The van der Waals surface area contributed by atoms with Gasteiger partial charge in [-0.15, -0.1) is 0 Å². The first-order valence-electron chi connectivity index (χ1n) is 5.46. The Labute approximate surface area is 118 Å². The molecule has 3 rings (SSSR count). The smallest absolute Gasteiger partial charge is 0.117 e.